The fourth-order valence-electron chi connectivity index (χ4n) is 1.52. The molecule has 0 saturated carbocycles. The monoisotopic (exact) mass is 371 g/mol. The van der Waals surface area contributed by atoms with Crippen LogP contribution in [0.15, 0.2) is 39.1 Å². The highest BCUT2D eigenvalue weighted by molar-refractivity contribution is 9.10. The number of pyridine rings is 1. The van der Waals surface area contributed by atoms with E-state index in [-0.39, 0.29) is 10.6 Å². The quantitative estimate of drug-likeness (QED) is 0.827. The molecule has 0 unspecified atom stereocenters. The van der Waals surface area contributed by atoms with Gasteiger partial charge in [0, 0.05) is 34.5 Å². The van der Waals surface area contributed by atoms with Gasteiger partial charge >= 0.3 is 0 Å². The standard InChI is InChI=1S/C12H10BrN3O2S2/c1-16(7-11-4-9(13)8-19-11)20(17,18)12-3-2-10(5-14)15-6-12/h2-4,6,8H,7H2,1H3. The van der Waals surface area contributed by atoms with Crippen molar-refractivity contribution in [1.82, 2.24) is 9.29 Å². The molecule has 0 saturated heterocycles. The summed E-state index contributed by atoms with van der Waals surface area (Å²) in [6.07, 6.45) is 1.20. The first kappa shape index (κ1) is 15.1. The lowest BCUT2D eigenvalue weighted by Gasteiger charge is -2.16. The van der Waals surface area contributed by atoms with E-state index in [4.69, 9.17) is 5.26 Å². The van der Waals surface area contributed by atoms with E-state index in [1.807, 2.05) is 17.5 Å². The number of sulfonamides is 1. The molecule has 0 aliphatic rings. The molecule has 2 aromatic rings. The summed E-state index contributed by atoms with van der Waals surface area (Å²) in [5.74, 6) is 0. The zero-order valence-electron chi connectivity index (χ0n) is 10.4. The molecule has 5 nitrogen and oxygen atoms in total. The topological polar surface area (TPSA) is 74.1 Å². The van der Waals surface area contributed by atoms with Crippen LogP contribution in [0, 0.1) is 11.3 Å². The van der Waals surface area contributed by atoms with Crippen molar-refractivity contribution in [2.75, 3.05) is 7.05 Å². The third-order valence-corrected chi connectivity index (χ3v) is 6.03. The van der Waals surface area contributed by atoms with Crippen LogP contribution in [-0.4, -0.2) is 24.8 Å². The molecule has 2 aromatic heterocycles. The van der Waals surface area contributed by atoms with Gasteiger partial charge in [-0.3, -0.25) is 0 Å². The van der Waals surface area contributed by atoms with Gasteiger partial charge in [-0.1, -0.05) is 0 Å². The fourth-order valence-corrected chi connectivity index (χ4v) is 4.20. The Hall–Kier alpha value is -1.27. The summed E-state index contributed by atoms with van der Waals surface area (Å²) in [4.78, 5) is 4.80. The average Bonchev–Trinajstić information content (AvgIpc) is 2.84. The number of aromatic nitrogens is 1. The van der Waals surface area contributed by atoms with Gasteiger partial charge in [-0.2, -0.15) is 9.57 Å². The van der Waals surface area contributed by atoms with E-state index >= 15 is 0 Å². The Morgan fingerprint density at radius 3 is 2.75 bits per heavy atom. The van der Waals surface area contributed by atoms with Crippen molar-refractivity contribution in [2.45, 2.75) is 11.4 Å². The van der Waals surface area contributed by atoms with Gasteiger partial charge in [0.05, 0.1) is 0 Å². The van der Waals surface area contributed by atoms with Gasteiger partial charge in [-0.05, 0) is 34.1 Å². The smallest absolute Gasteiger partial charge is 0.244 e. The molecule has 0 atom stereocenters. The third-order valence-electron chi connectivity index (χ3n) is 2.56. The Labute approximate surface area is 129 Å². The van der Waals surface area contributed by atoms with Crippen LogP contribution in [0.3, 0.4) is 0 Å². The van der Waals surface area contributed by atoms with Crippen LogP contribution in [0.5, 0.6) is 0 Å². The molecular formula is C12H10BrN3O2S2. The second-order valence-electron chi connectivity index (χ2n) is 3.98. The van der Waals surface area contributed by atoms with Crippen LogP contribution in [0.1, 0.15) is 10.6 Å². The van der Waals surface area contributed by atoms with Crippen LogP contribution in [-0.2, 0) is 16.6 Å². The number of rotatable bonds is 4. The van der Waals surface area contributed by atoms with E-state index in [1.54, 1.807) is 0 Å². The van der Waals surface area contributed by atoms with Gasteiger partial charge in [0.25, 0.3) is 0 Å². The molecule has 0 fully saturated rings. The first-order valence-electron chi connectivity index (χ1n) is 5.49. The fraction of sp³-hybridized carbons (Fsp3) is 0.167. The lowest BCUT2D eigenvalue weighted by atomic mass is 10.4. The Balaban J connectivity index is 2.22. The van der Waals surface area contributed by atoms with Crippen molar-refractivity contribution in [3.63, 3.8) is 0 Å². The molecule has 20 heavy (non-hydrogen) atoms. The summed E-state index contributed by atoms with van der Waals surface area (Å²) in [6.45, 7) is 0.290. The summed E-state index contributed by atoms with van der Waals surface area (Å²) in [6, 6.07) is 6.52. The minimum Gasteiger partial charge on any atom is -0.244 e. The SMILES string of the molecule is CN(Cc1cc(Br)cs1)S(=O)(=O)c1ccc(C#N)nc1. The first-order chi connectivity index (χ1) is 9.43. The van der Waals surface area contributed by atoms with Gasteiger partial charge in [0.15, 0.2) is 0 Å². The van der Waals surface area contributed by atoms with Crippen molar-refractivity contribution < 1.29 is 8.42 Å². The van der Waals surface area contributed by atoms with Gasteiger partial charge in [0.1, 0.15) is 16.7 Å². The number of hydrogen-bond acceptors (Lipinski definition) is 5. The molecule has 0 amide bonds. The number of nitrogens with zero attached hydrogens (tertiary/aromatic N) is 3. The third kappa shape index (κ3) is 3.24. The molecule has 0 aromatic carbocycles. The molecule has 2 rings (SSSR count). The van der Waals surface area contributed by atoms with Crippen molar-refractivity contribution in [1.29, 1.82) is 5.26 Å². The number of nitriles is 1. The average molecular weight is 372 g/mol. The Morgan fingerprint density at radius 2 is 2.25 bits per heavy atom. The number of hydrogen-bond donors (Lipinski definition) is 0. The van der Waals surface area contributed by atoms with E-state index in [1.165, 1.54) is 41.0 Å². The van der Waals surface area contributed by atoms with Crippen molar-refractivity contribution in [3.8, 4) is 6.07 Å². The maximum Gasteiger partial charge on any atom is 0.244 e. The highest BCUT2D eigenvalue weighted by Crippen LogP contribution is 2.23. The van der Waals surface area contributed by atoms with Crippen molar-refractivity contribution in [2.24, 2.45) is 0 Å². The normalized spacial score (nSPS) is 11.5. The lowest BCUT2D eigenvalue weighted by molar-refractivity contribution is 0.469. The van der Waals surface area contributed by atoms with Crippen LogP contribution in [0.2, 0.25) is 0 Å². The zero-order valence-corrected chi connectivity index (χ0v) is 13.7. The van der Waals surface area contributed by atoms with Crippen LogP contribution < -0.4 is 0 Å². The largest absolute Gasteiger partial charge is 0.244 e. The Kier molecular flexibility index (Phi) is 4.55. The van der Waals surface area contributed by atoms with Crippen molar-refractivity contribution >= 4 is 37.3 Å². The van der Waals surface area contributed by atoms with E-state index in [2.05, 4.69) is 20.9 Å². The van der Waals surface area contributed by atoms with E-state index in [0.717, 1.165) is 9.35 Å². The maximum atomic E-state index is 12.3. The van der Waals surface area contributed by atoms with E-state index in [9.17, 15) is 8.42 Å². The molecule has 0 aliphatic heterocycles. The summed E-state index contributed by atoms with van der Waals surface area (Å²) in [5.41, 5.74) is 0.189. The van der Waals surface area contributed by atoms with Crippen molar-refractivity contribution in [3.05, 3.63) is 44.8 Å². The summed E-state index contributed by atoms with van der Waals surface area (Å²) < 4.78 is 26.9. The predicted octanol–water partition coefficient (Wildman–Crippen LogP) is 2.60. The van der Waals surface area contributed by atoms with Gasteiger partial charge in [-0.15, -0.1) is 11.3 Å². The maximum absolute atomic E-state index is 12.3. The molecule has 0 aliphatic carbocycles. The zero-order chi connectivity index (χ0) is 14.8. The molecule has 0 spiro atoms. The molecule has 104 valence electrons. The molecule has 8 heteroatoms. The van der Waals surface area contributed by atoms with Gasteiger partial charge < -0.3 is 0 Å². The molecular weight excluding hydrogens is 362 g/mol. The predicted molar refractivity (Wildman–Crippen MR) is 79.6 cm³/mol. The van der Waals surface area contributed by atoms with Gasteiger partial charge in [-0.25, -0.2) is 13.4 Å². The number of thiophene rings is 1. The second-order valence-corrected chi connectivity index (χ2v) is 7.94. The lowest BCUT2D eigenvalue weighted by Crippen LogP contribution is -2.26. The molecule has 0 N–H and O–H groups in total. The second kappa shape index (κ2) is 6.01. The minimum atomic E-state index is -3.60. The molecule has 2 heterocycles. The Bertz CT molecular complexity index is 748. The molecule has 0 bridgehead atoms. The van der Waals surface area contributed by atoms with Crippen LogP contribution in [0.25, 0.3) is 0 Å². The van der Waals surface area contributed by atoms with E-state index in [0.29, 0.717) is 6.54 Å². The minimum absolute atomic E-state index is 0.0784. The summed E-state index contributed by atoms with van der Waals surface area (Å²) in [7, 11) is -2.09. The number of halogens is 1. The van der Waals surface area contributed by atoms with Gasteiger partial charge in [0.2, 0.25) is 10.0 Å². The Morgan fingerprint density at radius 1 is 1.50 bits per heavy atom. The molecule has 0 radical (unpaired) electrons. The first-order valence-corrected chi connectivity index (χ1v) is 8.60. The van der Waals surface area contributed by atoms with Crippen LogP contribution >= 0.6 is 27.3 Å². The summed E-state index contributed by atoms with van der Waals surface area (Å²) >= 11 is 4.82. The highest BCUT2D eigenvalue weighted by atomic mass is 79.9. The van der Waals surface area contributed by atoms with Crippen LogP contribution in [0.4, 0.5) is 0 Å². The van der Waals surface area contributed by atoms with E-state index < -0.39 is 10.0 Å². The summed E-state index contributed by atoms with van der Waals surface area (Å²) in [5, 5.41) is 10.6. The highest BCUT2D eigenvalue weighted by Gasteiger charge is 2.21.